The largest absolute Gasteiger partial charge is 0.427 e. The lowest BCUT2D eigenvalue weighted by atomic mass is 9.76. The van der Waals surface area contributed by atoms with Crippen LogP contribution in [0.3, 0.4) is 0 Å². The van der Waals surface area contributed by atoms with Gasteiger partial charge >= 0.3 is 5.97 Å². The Bertz CT molecular complexity index is 430. The lowest BCUT2D eigenvalue weighted by Crippen LogP contribution is -2.24. The van der Waals surface area contributed by atoms with E-state index in [2.05, 4.69) is 0 Å². The molecule has 2 nitrogen and oxygen atoms in total. The van der Waals surface area contributed by atoms with E-state index in [0.717, 1.165) is 11.8 Å². The summed E-state index contributed by atoms with van der Waals surface area (Å²) >= 11 is 0. The highest BCUT2D eigenvalue weighted by Gasteiger charge is 2.38. The van der Waals surface area contributed by atoms with Gasteiger partial charge in [-0.3, -0.25) is 4.79 Å². The van der Waals surface area contributed by atoms with Crippen molar-refractivity contribution in [1.29, 1.82) is 0 Å². The summed E-state index contributed by atoms with van der Waals surface area (Å²) in [6, 6.07) is 9.45. The van der Waals surface area contributed by atoms with E-state index in [-0.39, 0.29) is 5.97 Å². The standard InChI is InChI=1S/C18H24O2/c19-18(20-16-9-5-2-6-10-16)13-17(15-11-12-15)14-7-3-1-4-8-14/h2,5-6,9-10,14-15,17H,1,3-4,7-8,11-13H2/t17-/m1/s1. The van der Waals surface area contributed by atoms with Crippen molar-refractivity contribution in [2.24, 2.45) is 17.8 Å². The second-order valence-electron chi connectivity index (χ2n) is 6.39. The molecule has 1 atom stereocenters. The van der Waals surface area contributed by atoms with Gasteiger partial charge in [-0.25, -0.2) is 0 Å². The lowest BCUT2D eigenvalue weighted by molar-refractivity contribution is -0.136. The molecule has 108 valence electrons. The highest BCUT2D eigenvalue weighted by Crippen LogP contribution is 2.46. The Hall–Kier alpha value is -1.31. The van der Waals surface area contributed by atoms with Crippen molar-refractivity contribution >= 4 is 5.97 Å². The molecule has 2 aliphatic carbocycles. The molecule has 0 radical (unpaired) electrons. The number of hydrogen-bond donors (Lipinski definition) is 0. The molecule has 2 saturated carbocycles. The van der Waals surface area contributed by atoms with Crippen molar-refractivity contribution in [3.05, 3.63) is 30.3 Å². The summed E-state index contributed by atoms with van der Waals surface area (Å²) in [7, 11) is 0. The van der Waals surface area contributed by atoms with Crippen LogP contribution in [0.4, 0.5) is 0 Å². The van der Waals surface area contributed by atoms with Crippen LogP contribution in [0.2, 0.25) is 0 Å². The van der Waals surface area contributed by atoms with Gasteiger partial charge in [-0.2, -0.15) is 0 Å². The monoisotopic (exact) mass is 272 g/mol. The number of benzene rings is 1. The minimum Gasteiger partial charge on any atom is -0.427 e. The smallest absolute Gasteiger partial charge is 0.311 e. The van der Waals surface area contributed by atoms with E-state index in [4.69, 9.17) is 4.74 Å². The quantitative estimate of drug-likeness (QED) is 0.579. The molecule has 0 aromatic heterocycles. The van der Waals surface area contributed by atoms with E-state index in [9.17, 15) is 4.79 Å². The van der Waals surface area contributed by atoms with E-state index in [0.29, 0.717) is 18.1 Å². The summed E-state index contributed by atoms with van der Waals surface area (Å²) in [5.41, 5.74) is 0. The average Bonchev–Trinajstić information content (AvgIpc) is 3.31. The number of hydrogen-bond acceptors (Lipinski definition) is 2. The first-order chi connectivity index (χ1) is 9.83. The number of carbonyl (C=O) groups is 1. The molecule has 1 aromatic carbocycles. The van der Waals surface area contributed by atoms with Gasteiger partial charge in [-0.05, 0) is 42.7 Å². The number of rotatable bonds is 5. The highest BCUT2D eigenvalue weighted by atomic mass is 16.5. The van der Waals surface area contributed by atoms with Crippen molar-refractivity contribution < 1.29 is 9.53 Å². The molecule has 0 spiro atoms. The summed E-state index contributed by atoms with van der Waals surface area (Å²) in [5, 5.41) is 0. The van der Waals surface area contributed by atoms with Gasteiger partial charge in [0.2, 0.25) is 0 Å². The molecule has 1 aromatic rings. The summed E-state index contributed by atoms with van der Waals surface area (Å²) in [4.78, 5) is 12.2. The molecule has 0 heterocycles. The Balaban J connectivity index is 1.57. The van der Waals surface area contributed by atoms with Crippen molar-refractivity contribution in [3.8, 4) is 5.75 Å². The number of ether oxygens (including phenoxy) is 1. The van der Waals surface area contributed by atoms with Crippen molar-refractivity contribution in [1.82, 2.24) is 0 Å². The molecular formula is C18H24O2. The predicted molar refractivity (Wildman–Crippen MR) is 79.5 cm³/mol. The number of para-hydroxylation sites is 1. The van der Waals surface area contributed by atoms with E-state index in [1.807, 2.05) is 30.3 Å². The first-order valence-corrected chi connectivity index (χ1v) is 8.08. The Morgan fingerprint density at radius 2 is 1.65 bits per heavy atom. The second kappa shape index (κ2) is 6.43. The Morgan fingerprint density at radius 3 is 2.30 bits per heavy atom. The molecular weight excluding hydrogens is 248 g/mol. The number of carbonyl (C=O) groups excluding carboxylic acids is 1. The van der Waals surface area contributed by atoms with Crippen molar-refractivity contribution in [2.45, 2.75) is 51.4 Å². The van der Waals surface area contributed by atoms with Crippen molar-refractivity contribution in [3.63, 3.8) is 0 Å². The van der Waals surface area contributed by atoms with E-state index >= 15 is 0 Å². The van der Waals surface area contributed by atoms with E-state index < -0.39 is 0 Å². The Kier molecular flexibility index (Phi) is 4.39. The van der Waals surface area contributed by atoms with E-state index in [1.165, 1.54) is 44.9 Å². The molecule has 2 fully saturated rings. The van der Waals surface area contributed by atoms with Gasteiger partial charge in [0.1, 0.15) is 5.75 Å². The lowest BCUT2D eigenvalue weighted by Gasteiger charge is -2.29. The molecule has 3 rings (SSSR count). The molecule has 0 saturated heterocycles. The predicted octanol–water partition coefficient (Wildman–Crippen LogP) is 4.59. The zero-order valence-electron chi connectivity index (χ0n) is 12.1. The topological polar surface area (TPSA) is 26.3 Å². The minimum absolute atomic E-state index is 0.0429. The zero-order valence-corrected chi connectivity index (χ0v) is 12.1. The summed E-state index contributed by atoms with van der Waals surface area (Å²) in [6.07, 6.45) is 9.97. The fourth-order valence-corrected chi connectivity index (χ4v) is 3.66. The third kappa shape index (κ3) is 3.62. The van der Waals surface area contributed by atoms with Gasteiger partial charge in [0.05, 0.1) is 0 Å². The summed E-state index contributed by atoms with van der Waals surface area (Å²) in [6.45, 7) is 0. The SMILES string of the molecule is O=C(C[C@H](C1CCCCC1)C1CC1)Oc1ccccc1. The van der Waals surface area contributed by atoms with Crippen LogP contribution < -0.4 is 4.74 Å². The first-order valence-electron chi connectivity index (χ1n) is 8.08. The minimum atomic E-state index is -0.0429. The fourth-order valence-electron chi connectivity index (χ4n) is 3.66. The second-order valence-corrected chi connectivity index (χ2v) is 6.39. The first kappa shape index (κ1) is 13.7. The maximum Gasteiger partial charge on any atom is 0.311 e. The molecule has 0 aliphatic heterocycles. The summed E-state index contributed by atoms with van der Waals surface area (Å²) < 4.78 is 5.47. The third-order valence-corrected chi connectivity index (χ3v) is 4.86. The normalized spacial score (nSPS) is 21.4. The molecule has 2 aliphatic rings. The summed E-state index contributed by atoms with van der Waals surface area (Å²) in [5.74, 6) is 2.77. The van der Waals surface area contributed by atoms with Crippen LogP contribution in [0.5, 0.6) is 5.75 Å². The van der Waals surface area contributed by atoms with Gasteiger partial charge in [-0.1, -0.05) is 50.3 Å². The van der Waals surface area contributed by atoms with Gasteiger partial charge in [0, 0.05) is 6.42 Å². The third-order valence-electron chi connectivity index (χ3n) is 4.86. The Labute approximate surface area is 121 Å². The maximum atomic E-state index is 12.2. The molecule has 0 N–H and O–H groups in total. The van der Waals surface area contributed by atoms with Gasteiger partial charge < -0.3 is 4.74 Å². The van der Waals surface area contributed by atoms with Crippen molar-refractivity contribution in [2.75, 3.05) is 0 Å². The van der Waals surface area contributed by atoms with Crippen LogP contribution in [-0.4, -0.2) is 5.97 Å². The van der Waals surface area contributed by atoms with Crippen LogP contribution in [-0.2, 0) is 4.79 Å². The molecule has 0 amide bonds. The highest BCUT2D eigenvalue weighted by molar-refractivity contribution is 5.72. The fraction of sp³-hybridized carbons (Fsp3) is 0.611. The number of esters is 1. The van der Waals surface area contributed by atoms with Crippen LogP contribution in [0.25, 0.3) is 0 Å². The zero-order chi connectivity index (χ0) is 13.8. The molecule has 0 unspecified atom stereocenters. The van der Waals surface area contributed by atoms with Gasteiger partial charge in [0.25, 0.3) is 0 Å². The maximum absolute atomic E-state index is 12.2. The van der Waals surface area contributed by atoms with Gasteiger partial charge in [-0.15, -0.1) is 0 Å². The molecule has 0 bridgehead atoms. The van der Waals surface area contributed by atoms with Crippen LogP contribution in [0.1, 0.15) is 51.4 Å². The van der Waals surface area contributed by atoms with Crippen LogP contribution >= 0.6 is 0 Å². The van der Waals surface area contributed by atoms with Gasteiger partial charge in [0.15, 0.2) is 0 Å². The molecule has 2 heteroatoms. The van der Waals surface area contributed by atoms with E-state index in [1.54, 1.807) is 0 Å². The average molecular weight is 272 g/mol. The van der Waals surface area contributed by atoms with Crippen LogP contribution in [0, 0.1) is 17.8 Å². The van der Waals surface area contributed by atoms with Crippen LogP contribution in [0.15, 0.2) is 30.3 Å². The Morgan fingerprint density at radius 1 is 1.00 bits per heavy atom. The molecule has 20 heavy (non-hydrogen) atoms.